The number of benzene rings is 1. The molecule has 0 saturated heterocycles. The third kappa shape index (κ3) is 3.24. The zero-order valence-corrected chi connectivity index (χ0v) is 10.9. The van der Waals surface area contributed by atoms with Crippen LogP contribution in [0.2, 0.25) is 0 Å². The van der Waals surface area contributed by atoms with Gasteiger partial charge in [-0.15, -0.1) is 0 Å². The van der Waals surface area contributed by atoms with Crippen molar-refractivity contribution in [3.63, 3.8) is 0 Å². The smallest absolute Gasteiger partial charge is 0.0437 e. The van der Waals surface area contributed by atoms with Gasteiger partial charge < -0.3 is 10.6 Å². The quantitative estimate of drug-likeness (QED) is 0.814. The molecule has 0 bridgehead atoms. The van der Waals surface area contributed by atoms with E-state index in [0.29, 0.717) is 0 Å². The lowest BCUT2D eigenvalue weighted by Crippen LogP contribution is -2.23. The second-order valence-electron chi connectivity index (χ2n) is 4.15. The van der Waals surface area contributed by atoms with Crippen LogP contribution in [0.1, 0.15) is 18.9 Å². The summed E-state index contributed by atoms with van der Waals surface area (Å²) in [6, 6.07) is 10.3. The van der Waals surface area contributed by atoms with Crippen LogP contribution in [0.5, 0.6) is 0 Å². The summed E-state index contributed by atoms with van der Waals surface area (Å²) in [5, 5.41) is 4.33. The molecule has 1 aromatic heterocycles. The Hall–Kier alpha value is -1.48. The van der Waals surface area contributed by atoms with Crippen LogP contribution in [0, 0.1) is 0 Å². The van der Waals surface area contributed by atoms with Crippen molar-refractivity contribution in [1.29, 1.82) is 0 Å². The van der Waals surface area contributed by atoms with Crippen LogP contribution in [0.3, 0.4) is 0 Å². The summed E-state index contributed by atoms with van der Waals surface area (Å²) in [5.41, 5.74) is 9.24. The first kappa shape index (κ1) is 12.0. The van der Waals surface area contributed by atoms with E-state index in [-0.39, 0.29) is 0 Å². The summed E-state index contributed by atoms with van der Waals surface area (Å²) in [7, 11) is 0. The Labute approximate surface area is 107 Å². The highest BCUT2D eigenvalue weighted by Crippen LogP contribution is 2.21. The Morgan fingerprint density at radius 3 is 2.82 bits per heavy atom. The summed E-state index contributed by atoms with van der Waals surface area (Å²) in [6.07, 6.45) is 1.14. The summed E-state index contributed by atoms with van der Waals surface area (Å²) >= 11 is 1.75. The van der Waals surface area contributed by atoms with Crippen molar-refractivity contribution >= 4 is 22.7 Å². The van der Waals surface area contributed by atoms with E-state index in [2.05, 4.69) is 34.7 Å². The molecule has 0 aliphatic carbocycles. The van der Waals surface area contributed by atoms with Crippen molar-refractivity contribution < 1.29 is 0 Å². The number of hydrogen-bond acceptors (Lipinski definition) is 3. The zero-order valence-electron chi connectivity index (χ0n) is 10.1. The molecule has 0 saturated carbocycles. The van der Waals surface area contributed by atoms with E-state index in [4.69, 9.17) is 5.73 Å². The molecule has 1 heterocycles. The Bertz CT molecular complexity index is 451. The first-order valence-corrected chi connectivity index (χ1v) is 6.85. The van der Waals surface area contributed by atoms with Gasteiger partial charge in [-0.1, -0.05) is 13.0 Å². The molecule has 0 unspecified atom stereocenters. The van der Waals surface area contributed by atoms with Gasteiger partial charge in [-0.3, -0.25) is 0 Å². The maximum absolute atomic E-state index is 5.84. The second kappa shape index (κ2) is 5.73. The molecular formula is C14H18N2S. The van der Waals surface area contributed by atoms with Gasteiger partial charge in [0.05, 0.1) is 0 Å². The molecule has 2 aromatic rings. The first-order valence-electron chi connectivity index (χ1n) is 5.91. The van der Waals surface area contributed by atoms with Gasteiger partial charge in [0.1, 0.15) is 0 Å². The molecular weight excluding hydrogens is 228 g/mol. The monoisotopic (exact) mass is 246 g/mol. The minimum absolute atomic E-state index is 0.828. The van der Waals surface area contributed by atoms with Gasteiger partial charge in [-0.25, -0.2) is 0 Å². The average molecular weight is 246 g/mol. The Morgan fingerprint density at radius 1 is 1.29 bits per heavy atom. The molecule has 17 heavy (non-hydrogen) atoms. The van der Waals surface area contributed by atoms with Crippen LogP contribution in [0.4, 0.5) is 11.4 Å². The highest BCUT2D eigenvalue weighted by molar-refractivity contribution is 7.07. The van der Waals surface area contributed by atoms with E-state index in [1.807, 2.05) is 18.2 Å². The lowest BCUT2D eigenvalue weighted by Gasteiger charge is -2.24. The van der Waals surface area contributed by atoms with E-state index in [1.165, 1.54) is 11.3 Å². The van der Waals surface area contributed by atoms with Gasteiger partial charge in [0.2, 0.25) is 0 Å². The van der Waals surface area contributed by atoms with Crippen LogP contribution >= 0.6 is 11.3 Å². The van der Waals surface area contributed by atoms with Gasteiger partial charge in [-0.05, 0) is 47.0 Å². The summed E-state index contributed by atoms with van der Waals surface area (Å²) in [5.74, 6) is 0. The summed E-state index contributed by atoms with van der Waals surface area (Å²) in [6.45, 7) is 4.22. The van der Waals surface area contributed by atoms with E-state index < -0.39 is 0 Å². The van der Waals surface area contributed by atoms with Crippen molar-refractivity contribution in [2.24, 2.45) is 0 Å². The van der Waals surface area contributed by atoms with E-state index in [0.717, 1.165) is 25.2 Å². The molecule has 0 aliphatic heterocycles. The van der Waals surface area contributed by atoms with Crippen LogP contribution < -0.4 is 10.6 Å². The van der Waals surface area contributed by atoms with Crippen LogP contribution in [-0.4, -0.2) is 6.54 Å². The minimum atomic E-state index is 0.828. The predicted molar refractivity (Wildman–Crippen MR) is 76.5 cm³/mol. The largest absolute Gasteiger partial charge is 0.399 e. The van der Waals surface area contributed by atoms with E-state index in [1.54, 1.807) is 11.3 Å². The van der Waals surface area contributed by atoms with Crippen molar-refractivity contribution in [1.82, 2.24) is 0 Å². The standard InChI is InChI=1S/C14H18N2S/c1-2-7-16(10-12-6-8-17-11-12)14-5-3-4-13(15)9-14/h3-6,8-9,11H,2,7,10,15H2,1H3. The highest BCUT2D eigenvalue weighted by atomic mass is 32.1. The lowest BCUT2D eigenvalue weighted by atomic mass is 10.2. The molecule has 2 rings (SSSR count). The van der Waals surface area contributed by atoms with Gasteiger partial charge in [-0.2, -0.15) is 11.3 Å². The molecule has 0 radical (unpaired) electrons. The number of nitrogen functional groups attached to an aromatic ring is 1. The molecule has 2 nitrogen and oxygen atoms in total. The number of anilines is 2. The normalized spacial score (nSPS) is 10.4. The van der Waals surface area contributed by atoms with Crippen LogP contribution in [-0.2, 0) is 6.54 Å². The fourth-order valence-corrected chi connectivity index (χ4v) is 2.55. The number of nitrogens with zero attached hydrogens (tertiary/aromatic N) is 1. The Morgan fingerprint density at radius 2 is 2.18 bits per heavy atom. The SMILES string of the molecule is CCCN(Cc1ccsc1)c1cccc(N)c1. The van der Waals surface area contributed by atoms with Crippen molar-refractivity contribution in [2.45, 2.75) is 19.9 Å². The molecule has 0 atom stereocenters. The number of hydrogen-bond donors (Lipinski definition) is 1. The van der Waals surface area contributed by atoms with E-state index >= 15 is 0 Å². The number of rotatable bonds is 5. The van der Waals surface area contributed by atoms with Gasteiger partial charge in [0.25, 0.3) is 0 Å². The van der Waals surface area contributed by atoms with Gasteiger partial charge in [0, 0.05) is 24.5 Å². The van der Waals surface area contributed by atoms with Gasteiger partial charge in [0.15, 0.2) is 0 Å². The summed E-state index contributed by atoms with van der Waals surface area (Å²) in [4.78, 5) is 2.37. The van der Waals surface area contributed by atoms with Crippen LogP contribution in [0.25, 0.3) is 0 Å². The zero-order chi connectivity index (χ0) is 12.1. The molecule has 1 aromatic carbocycles. The van der Waals surface area contributed by atoms with Gasteiger partial charge >= 0.3 is 0 Å². The predicted octanol–water partition coefficient (Wildman–Crippen LogP) is 3.75. The lowest BCUT2D eigenvalue weighted by molar-refractivity contribution is 0.769. The molecule has 0 fully saturated rings. The maximum atomic E-state index is 5.84. The Balaban J connectivity index is 2.16. The second-order valence-corrected chi connectivity index (χ2v) is 4.93. The fraction of sp³-hybridized carbons (Fsp3) is 0.286. The first-order chi connectivity index (χ1) is 8.29. The molecule has 0 amide bonds. The molecule has 2 N–H and O–H groups in total. The third-order valence-electron chi connectivity index (χ3n) is 2.68. The highest BCUT2D eigenvalue weighted by Gasteiger charge is 2.06. The van der Waals surface area contributed by atoms with Crippen LogP contribution in [0.15, 0.2) is 41.1 Å². The Kier molecular flexibility index (Phi) is 4.04. The third-order valence-corrected chi connectivity index (χ3v) is 3.41. The topological polar surface area (TPSA) is 29.3 Å². The summed E-state index contributed by atoms with van der Waals surface area (Å²) < 4.78 is 0. The fourth-order valence-electron chi connectivity index (χ4n) is 1.89. The van der Waals surface area contributed by atoms with E-state index in [9.17, 15) is 0 Å². The molecule has 90 valence electrons. The average Bonchev–Trinajstić information content (AvgIpc) is 2.81. The molecule has 3 heteroatoms. The minimum Gasteiger partial charge on any atom is -0.399 e. The molecule has 0 spiro atoms. The van der Waals surface area contributed by atoms with Crippen molar-refractivity contribution in [3.05, 3.63) is 46.7 Å². The number of nitrogens with two attached hydrogens (primary N) is 1. The van der Waals surface area contributed by atoms with Crippen molar-refractivity contribution in [2.75, 3.05) is 17.2 Å². The van der Waals surface area contributed by atoms with Crippen molar-refractivity contribution in [3.8, 4) is 0 Å². The maximum Gasteiger partial charge on any atom is 0.0437 e. The number of thiophene rings is 1. The molecule has 0 aliphatic rings.